The van der Waals surface area contributed by atoms with E-state index in [0.29, 0.717) is 11.1 Å². The zero-order chi connectivity index (χ0) is 24.9. The van der Waals surface area contributed by atoms with Crippen molar-refractivity contribution in [2.75, 3.05) is 0 Å². The molecule has 4 heteroatoms. The second-order valence-electron chi connectivity index (χ2n) is 6.23. The fourth-order valence-corrected chi connectivity index (χ4v) is 3.07. The normalized spacial score (nSPS) is 13.8. The van der Waals surface area contributed by atoms with Crippen molar-refractivity contribution in [1.82, 2.24) is 15.0 Å². The summed E-state index contributed by atoms with van der Waals surface area (Å²) in [5.74, 6) is 0.168. The summed E-state index contributed by atoms with van der Waals surface area (Å²) in [5, 5.41) is -0.251. The topological polar surface area (TPSA) is 38.7 Å². The molecule has 0 unspecified atom stereocenters. The summed E-state index contributed by atoms with van der Waals surface area (Å²) in [5.41, 5.74) is 1.30. The van der Waals surface area contributed by atoms with E-state index in [1.54, 1.807) is 42.5 Å². The lowest BCUT2D eigenvalue weighted by atomic mass is 10.00. The SMILES string of the molecule is [2H]c1c(-c2ccccc2)c([2H])c2c([2H])c(-c3nc(Cl)nc(-c4ccccc4)n3)c([2H])c([2H])c2c1[2H]. The second-order valence-corrected chi connectivity index (χ2v) is 6.57. The van der Waals surface area contributed by atoms with Crippen molar-refractivity contribution < 1.29 is 8.22 Å². The van der Waals surface area contributed by atoms with Crippen LogP contribution in [0.3, 0.4) is 0 Å². The smallest absolute Gasteiger partial charge is 0.208 e. The molecule has 4 aromatic carbocycles. The van der Waals surface area contributed by atoms with Gasteiger partial charge in [0.25, 0.3) is 0 Å². The minimum atomic E-state index is -0.386. The van der Waals surface area contributed by atoms with E-state index in [2.05, 4.69) is 15.0 Å². The molecule has 0 amide bonds. The van der Waals surface area contributed by atoms with Crippen LogP contribution in [0.1, 0.15) is 8.22 Å². The first-order chi connectivity index (χ1) is 16.8. The lowest BCUT2D eigenvalue weighted by Gasteiger charge is -2.08. The molecule has 0 atom stereocenters. The van der Waals surface area contributed by atoms with Gasteiger partial charge in [-0.15, -0.1) is 0 Å². The molecule has 1 heterocycles. The van der Waals surface area contributed by atoms with Crippen LogP contribution < -0.4 is 0 Å². The van der Waals surface area contributed by atoms with Gasteiger partial charge in [0.15, 0.2) is 11.6 Å². The third-order valence-electron chi connectivity index (χ3n) is 4.30. The summed E-state index contributed by atoms with van der Waals surface area (Å²) >= 11 is 6.17. The summed E-state index contributed by atoms with van der Waals surface area (Å²) in [6.07, 6.45) is 0. The van der Waals surface area contributed by atoms with Gasteiger partial charge in [-0.3, -0.25) is 0 Å². The van der Waals surface area contributed by atoms with Gasteiger partial charge < -0.3 is 0 Å². The maximum absolute atomic E-state index is 8.92. The molecule has 0 spiro atoms. The van der Waals surface area contributed by atoms with E-state index in [9.17, 15) is 0 Å². The molecule has 0 aliphatic rings. The summed E-state index contributed by atoms with van der Waals surface area (Å²) in [4.78, 5) is 12.7. The van der Waals surface area contributed by atoms with Crippen LogP contribution >= 0.6 is 11.6 Å². The van der Waals surface area contributed by atoms with Gasteiger partial charge in [-0.05, 0) is 45.6 Å². The van der Waals surface area contributed by atoms with Crippen molar-refractivity contribution in [3.8, 4) is 33.9 Å². The van der Waals surface area contributed by atoms with Crippen LogP contribution in [0.15, 0.2) is 96.9 Å². The molecule has 29 heavy (non-hydrogen) atoms. The Balaban J connectivity index is 1.86. The summed E-state index contributed by atoms with van der Waals surface area (Å²) in [7, 11) is 0. The number of benzene rings is 4. The van der Waals surface area contributed by atoms with E-state index >= 15 is 0 Å². The van der Waals surface area contributed by atoms with Gasteiger partial charge in [0.05, 0.1) is 8.22 Å². The molecular formula is C25H16ClN3. The first-order valence-corrected chi connectivity index (χ1v) is 9.23. The highest BCUT2D eigenvalue weighted by Crippen LogP contribution is 2.28. The first-order valence-electron chi connectivity index (χ1n) is 11.9. The molecule has 0 bridgehead atoms. The van der Waals surface area contributed by atoms with E-state index in [-0.39, 0.29) is 75.1 Å². The quantitative estimate of drug-likeness (QED) is 0.339. The van der Waals surface area contributed by atoms with Gasteiger partial charge in [-0.1, -0.05) is 84.8 Å². The monoisotopic (exact) mass is 399 g/mol. The molecular weight excluding hydrogens is 378 g/mol. The number of halogens is 1. The van der Waals surface area contributed by atoms with Crippen molar-refractivity contribution in [3.05, 3.63) is 102 Å². The van der Waals surface area contributed by atoms with Crippen LogP contribution in [0.4, 0.5) is 0 Å². The highest BCUT2D eigenvalue weighted by Gasteiger charge is 2.10. The number of rotatable bonds is 3. The number of fused-ring (bicyclic) bond motifs is 1. The van der Waals surface area contributed by atoms with E-state index in [0.717, 1.165) is 0 Å². The molecule has 0 fully saturated rings. The molecule has 3 nitrogen and oxygen atoms in total. The fourth-order valence-electron chi connectivity index (χ4n) is 2.91. The Morgan fingerprint density at radius 2 is 1.10 bits per heavy atom. The first kappa shape index (κ1) is 12.1. The lowest BCUT2D eigenvalue weighted by Crippen LogP contribution is -1.97. The standard InChI is InChI=1S/C25H16ClN3/c26-25-28-23(19-9-5-2-6-10-19)27-24(29-25)21-14-12-18-11-13-20(15-22(18)16-21)17-7-3-1-4-8-17/h1-16H/i11D,12D,13D,14D,15D,16D. The van der Waals surface area contributed by atoms with Crippen LogP contribution in [0, 0.1) is 0 Å². The molecule has 0 aliphatic carbocycles. The van der Waals surface area contributed by atoms with Gasteiger partial charge in [-0.25, -0.2) is 4.98 Å². The van der Waals surface area contributed by atoms with E-state index in [4.69, 9.17) is 19.8 Å². The predicted octanol–water partition coefficient (Wildman–Crippen LogP) is 6.68. The van der Waals surface area contributed by atoms with Crippen LogP contribution in [0.2, 0.25) is 5.28 Å². The molecule has 0 N–H and O–H groups in total. The Bertz CT molecular complexity index is 1610. The van der Waals surface area contributed by atoms with Gasteiger partial charge in [0.2, 0.25) is 5.28 Å². The lowest BCUT2D eigenvalue weighted by molar-refractivity contribution is 1.07. The highest BCUT2D eigenvalue weighted by molar-refractivity contribution is 6.28. The van der Waals surface area contributed by atoms with E-state index in [1.807, 2.05) is 18.2 Å². The number of nitrogens with zero attached hydrogens (tertiary/aromatic N) is 3. The van der Waals surface area contributed by atoms with Gasteiger partial charge in [-0.2, -0.15) is 9.97 Å². The Hall–Kier alpha value is -3.56. The highest BCUT2D eigenvalue weighted by atomic mass is 35.5. The Morgan fingerprint density at radius 3 is 1.79 bits per heavy atom. The molecule has 0 aliphatic heterocycles. The maximum atomic E-state index is 8.92. The van der Waals surface area contributed by atoms with Crippen LogP contribution in [-0.4, -0.2) is 15.0 Å². The Kier molecular flexibility index (Phi) is 3.11. The molecule has 0 radical (unpaired) electrons. The summed E-state index contributed by atoms with van der Waals surface area (Å²) in [6, 6.07) is 16.0. The molecule has 0 saturated carbocycles. The molecule has 138 valence electrons. The summed E-state index contributed by atoms with van der Waals surface area (Å²) in [6.45, 7) is 0. The van der Waals surface area contributed by atoms with Crippen LogP contribution in [0.25, 0.3) is 44.7 Å². The third-order valence-corrected chi connectivity index (χ3v) is 4.47. The molecule has 5 aromatic rings. The maximum Gasteiger partial charge on any atom is 0.226 e. The molecule has 5 rings (SSSR count). The minimum Gasteiger partial charge on any atom is -0.208 e. The Labute approximate surface area is 182 Å². The number of hydrogen-bond donors (Lipinski definition) is 0. The van der Waals surface area contributed by atoms with E-state index in [1.165, 1.54) is 0 Å². The van der Waals surface area contributed by atoms with Gasteiger partial charge >= 0.3 is 0 Å². The van der Waals surface area contributed by atoms with Gasteiger partial charge in [0.1, 0.15) is 0 Å². The van der Waals surface area contributed by atoms with Crippen molar-refractivity contribution >= 4 is 22.4 Å². The predicted molar refractivity (Wildman–Crippen MR) is 119 cm³/mol. The minimum absolute atomic E-state index is 0.0151. The van der Waals surface area contributed by atoms with Crippen molar-refractivity contribution in [2.24, 2.45) is 0 Å². The molecule has 1 aromatic heterocycles. The van der Waals surface area contributed by atoms with Gasteiger partial charge in [0, 0.05) is 11.1 Å². The zero-order valence-electron chi connectivity index (χ0n) is 21.0. The average Bonchev–Trinajstić information content (AvgIpc) is 2.86. The Morgan fingerprint density at radius 1 is 0.552 bits per heavy atom. The third kappa shape index (κ3) is 3.60. The van der Waals surface area contributed by atoms with Crippen LogP contribution in [-0.2, 0) is 0 Å². The number of aromatic nitrogens is 3. The van der Waals surface area contributed by atoms with Crippen molar-refractivity contribution in [1.29, 1.82) is 0 Å². The second kappa shape index (κ2) is 7.46. The van der Waals surface area contributed by atoms with E-state index < -0.39 is 0 Å². The summed E-state index contributed by atoms with van der Waals surface area (Å²) < 4.78 is 52.0. The fraction of sp³-hybridized carbons (Fsp3) is 0. The molecule has 0 saturated heterocycles. The van der Waals surface area contributed by atoms with Crippen molar-refractivity contribution in [2.45, 2.75) is 0 Å². The largest absolute Gasteiger partial charge is 0.226 e. The number of hydrogen-bond acceptors (Lipinski definition) is 3. The van der Waals surface area contributed by atoms with Crippen molar-refractivity contribution in [3.63, 3.8) is 0 Å². The average molecular weight is 400 g/mol. The zero-order valence-corrected chi connectivity index (χ0v) is 15.7. The van der Waals surface area contributed by atoms with Crippen LogP contribution in [0.5, 0.6) is 0 Å².